The molecule has 0 aliphatic heterocycles. The van der Waals surface area contributed by atoms with Crippen LogP contribution in [0.4, 0.5) is 0 Å². The minimum atomic E-state index is -2.16. The molecule has 13 heteroatoms. The third kappa shape index (κ3) is 15.2. The number of hydrogen-bond acceptors (Lipinski definition) is 9. The van der Waals surface area contributed by atoms with Gasteiger partial charge in [-0.3, -0.25) is 4.79 Å². The van der Waals surface area contributed by atoms with Crippen LogP contribution in [0, 0.1) is 0 Å². The van der Waals surface area contributed by atoms with Gasteiger partial charge in [-0.05, 0) is 30.6 Å². The van der Waals surface area contributed by atoms with Crippen LogP contribution in [0.25, 0.3) is 10.4 Å². The summed E-state index contributed by atoms with van der Waals surface area (Å²) < 4.78 is 32.6. The van der Waals surface area contributed by atoms with Gasteiger partial charge in [0.15, 0.2) is 8.32 Å². The Morgan fingerprint density at radius 3 is 2.29 bits per heavy atom. The summed E-state index contributed by atoms with van der Waals surface area (Å²) >= 11 is 0. The van der Waals surface area contributed by atoms with Crippen LogP contribution in [0.1, 0.15) is 40.5 Å². The summed E-state index contributed by atoms with van der Waals surface area (Å²) in [5.41, 5.74) is 9.26. The lowest BCUT2D eigenvalue weighted by molar-refractivity contribution is -0.147. The minimum Gasteiger partial charge on any atom is -0.467 e. The molecule has 0 saturated heterocycles. The maximum Gasteiger partial charge on any atom is 0.330 e. The van der Waals surface area contributed by atoms with Crippen LogP contribution in [-0.2, 0) is 37.7 Å². The summed E-state index contributed by atoms with van der Waals surface area (Å²) in [5, 5.41) is 6.13. The number of carbonyl (C=O) groups is 2. The van der Waals surface area contributed by atoms with Crippen LogP contribution < -0.4 is 5.32 Å². The maximum absolute atomic E-state index is 13.0. The third-order valence-corrected chi connectivity index (χ3v) is 10.5. The molecule has 0 aromatic rings. The van der Waals surface area contributed by atoms with Crippen molar-refractivity contribution >= 4 is 20.2 Å². The van der Waals surface area contributed by atoms with Crippen LogP contribution in [0.3, 0.4) is 0 Å². The van der Waals surface area contributed by atoms with Gasteiger partial charge < -0.3 is 33.4 Å². The molecular formula is C25H46N4O8Si. The van der Waals surface area contributed by atoms with E-state index in [0.717, 1.165) is 5.57 Å². The van der Waals surface area contributed by atoms with Gasteiger partial charge >= 0.3 is 5.97 Å². The van der Waals surface area contributed by atoms with Gasteiger partial charge in [0, 0.05) is 32.1 Å². The second-order valence-electron chi connectivity index (χ2n) is 10.2. The Morgan fingerprint density at radius 2 is 1.74 bits per heavy atom. The van der Waals surface area contributed by atoms with Gasteiger partial charge in [0.25, 0.3) is 0 Å². The molecule has 0 aliphatic rings. The molecule has 0 spiro atoms. The zero-order valence-electron chi connectivity index (χ0n) is 24.3. The SMILES string of the molecule is COCO[C@@H](CC(=O)N[C@@H](CO[Si](C)(C)C(C)(C)C)C(=O)OC)C[C@@H](/C=C(C)/C=C/CN=[N+]=[N-])OCOC. The zero-order chi connectivity index (χ0) is 29.2. The molecule has 0 aromatic heterocycles. The normalized spacial score (nSPS) is 15.0. The summed E-state index contributed by atoms with van der Waals surface area (Å²) in [6.07, 6.45) is 4.61. The Morgan fingerprint density at radius 1 is 1.11 bits per heavy atom. The summed E-state index contributed by atoms with van der Waals surface area (Å²) in [5.74, 6) is -0.986. The van der Waals surface area contributed by atoms with E-state index in [9.17, 15) is 9.59 Å². The molecule has 38 heavy (non-hydrogen) atoms. The first-order valence-electron chi connectivity index (χ1n) is 12.4. The van der Waals surface area contributed by atoms with Gasteiger partial charge in [0.05, 0.1) is 32.3 Å². The molecule has 0 radical (unpaired) electrons. The first-order chi connectivity index (χ1) is 17.8. The molecule has 0 rings (SSSR count). The molecule has 0 saturated carbocycles. The molecule has 0 unspecified atom stereocenters. The molecule has 218 valence electrons. The lowest BCUT2D eigenvalue weighted by Gasteiger charge is -2.37. The Bertz CT molecular complexity index is 823. The van der Waals surface area contributed by atoms with E-state index in [2.05, 4.69) is 49.2 Å². The van der Waals surface area contributed by atoms with E-state index >= 15 is 0 Å². The Balaban J connectivity index is 5.51. The molecule has 1 amide bonds. The predicted molar refractivity (Wildman–Crippen MR) is 147 cm³/mol. The highest BCUT2D eigenvalue weighted by atomic mass is 28.4. The summed E-state index contributed by atoms with van der Waals surface area (Å²) in [6, 6.07) is -0.950. The fourth-order valence-electron chi connectivity index (χ4n) is 2.92. The number of hydrogen-bond donors (Lipinski definition) is 1. The van der Waals surface area contributed by atoms with Crippen molar-refractivity contribution in [2.45, 2.75) is 76.9 Å². The number of nitrogens with zero attached hydrogens (tertiary/aromatic N) is 3. The quantitative estimate of drug-likeness (QED) is 0.0470. The van der Waals surface area contributed by atoms with Crippen molar-refractivity contribution in [1.82, 2.24) is 5.32 Å². The molecule has 12 nitrogen and oxygen atoms in total. The molecule has 0 fully saturated rings. The van der Waals surface area contributed by atoms with E-state index in [4.69, 9.17) is 33.6 Å². The number of azide groups is 1. The highest BCUT2D eigenvalue weighted by Gasteiger charge is 2.38. The van der Waals surface area contributed by atoms with Crippen molar-refractivity contribution in [1.29, 1.82) is 0 Å². The van der Waals surface area contributed by atoms with Crippen molar-refractivity contribution < 1.29 is 37.7 Å². The number of allylic oxidation sites excluding steroid dienone is 2. The Labute approximate surface area is 227 Å². The average Bonchev–Trinajstić information content (AvgIpc) is 2.84. The number of amides is 1. The topological polar surface area (TPSA) is 150 Å². The van der Waals surface area contributed by atoms with Crippen molar-refractivity contribution in [3.8, 4) is 0 Å². The summed E-state index contributed by atoms with van der Waals surface area (Å²) in [7, 11) is 2.11. The average molecular weight is 559 g/mol. The molecule has 0 aromatic carbocycles. The fraction of sp³-hybridized carbons (Fsp3) is 0.760. The van der Waals surface area contributed by atoms with Crippen LogP contribution >= 0.6 is 0 Å². The van der Waals surface area contributed by atoms with Crippen molar-refractivity contribution in [3.05, 3.63) is 34.2 Å². The molecule has 0 aliphatic carbocycles. The van der Waals surface area contributed by atoms with Gasteiger partial charge in [0.1, 0.15) is 19.6 Å². The molecular weight excluding hydrogens is 512 g/mol. The van der Waals surface area contributed by atoms with Crippen LogP contribution in [0.15, 0.2) is 28.9 Å². The van der Waals surface area contributed by atoms with E-state index in [1.165, 1.54) is 21.3 Å². The first-order valence-corrected chi connectivity index (χ1v) is 15.3. The van der Waals surface area contributed by atoms with Gasteiger partial charge in [-0.2, -0.15) is 0 Å². The van der Waals surface area contributed by atoms with Gasteiger partial charge in [-0.25, -0.2) is 4.79 Å². The van der Waals surface area contributed by atoms with E-state index in [0.29, 0.717) is 6.42 Å². The smallest absolute Gasteiger partial charge is 0.330 e. The van der Waals surface area contributed by atoms with Crippen molar-refractivity contribution in [2.24, 2.45) is 5.11 Å². The molecule has 0 heterocycles. The number of carbonyl (C=O) groups excluding carboxylic acids is 2. The zero-order valence-corrected chi connectivity index (χ0v) is 25.3. The van der Waals surface area contributed by atoms with E-state index in [1.807, 2.05) is 13.0 Å². The number of ether oxygens (including phenoxy) is 5. The van der Waals surface area contributed by atoms with Crippen LogP contribution in [-0.4, -0.2) is 86.5 Å². The maximum atomic E-state index is 13.0. The second-order valence-corrected chi connectivity index (χ2v) is 15.0. The molecule has 1 N–H and O–H groups in total. The summed E-state index contributed by atoms with van der Waals surface area (Å²) in [4.78, 5) is 28.1. The molecule has 3 atom stereocenters. The van der Waals surface area contributed by atoms with Gasteiger partial charge in [0.2, 0.25) is 5.91 Å². The lowest BCUT2D eigenvalue weighted by Crippen LogP contribution is -2.50. The number of rotatable bonds is 19. The lowest BCUT2D eigenvalue weighted by atomic mass is 10.1. The largest absolute Gasteiger partial charge is 0.467 e. The highest BCUT2D eigenvalue weighted by molar-refractivity contribution is 6.74. The van der Waals surface area contributed by atoms with Crippen LogP contribution in [0.5, 0.6) is 0 Å². The molecule has 0 bridgehead atoms. The van der Waals surface area contributed by atoms with E-state index in [-0.39, 0.29) is 38.2 Å². The Kier molecular flexibility index (Phi) is 17.8. The van der Waals surface area contributed by atoms with E-state index < -0.39 is 38.4 Å². The third-order valence-electron chi connectivity index (χ3n) is 6.05. The van der Waals surface area contributed by atoms with E-state index in [1.54, 1.807) is 12.2 Å². The number of nitrogens with one attached hydrogen (secondary N) is 1. The number of esters is 1. The number of methoxy groups -OCH3 is 3. The monoisotopic (exact) mass is 558 g/mol. The van der Waals surface area contributed by atoms with Gasteiger partial charge in [-0.15, -0.1) is 0 Å². The summed E-state index contributed by atoms with van der Waals surface area (Å²) in [6.45, 7) is 12.5. The van der Waals surface area contributed by atoms with Crippen molar-refractivity contribution in [3.63, 3.8) is 0 Å². The minimum absolute atomic E-state index is 0.0161. The Hall–Kier alpha value is -2.25. The predicted octanol–water partition coefficient (Wildman–Crippen LogP) is 4.24. The fourth-order valence-corrected chi connectivity index (χ4v) is 3.94. The standard InChI is InChI=1S/C25H46N4O8Si/c1-19(11-10-12-27-29-26)13-20(35-17-32-5)14-21(36-18-33-6)15-23(30)28-22(24(31)34-7)16-37-38(8,9)25(2,3)4/h10-11,13,20-22H,12,14-18H2,1-9H3,(H,28,30)/b11-10+,19-13+/t20-,21-,22+/m1/s1. The first kappa shape index (κ1) is 35.7. The van der Waals surface area contributed by atoms with Crippen LogP contribution in [0.2, 0.25) is 18.1 Å². The van der Waals surface area contributed by atoms with Crippen molar-refractivity contribution in [2.75, 3.05) is 48.1 Å². The highest BCUT2D eigenvalue weighted by Crippen LogP contribution is 2.36. The second kappa shape index (κ2) is 18.9. The van der Waals surface area contributed by atoms with Gasteiger partial charge in [-0.1, -0.05) is 49.7 Å².